The van der Waals surface area contributed by atoms with Gasteiger partial charge in [-0.05, 0) is 6.42 Å². The van der Waals surface area contributed by atoms with Crippen LogP contribution in [0.2, 0.25) is 0 Å². The topological polar surface area (TPSA) is 75.3 Å². The second-order valence-electron chi connectivity index (χ2n) is 2.43. The summed E-state index contributed by atoms with van der Waals surface area (Å²) in [5.41, 5.74) is 5.32. The van der Waals surface area contributed by atoms with Crippen molar-refractivity contribution in [1.29, 1.82) is 0 Å². The van der Waals surface area contributed by atoms with E-state index >= 15 is 0 Å². The standard InChI is InChI=1S/C5H10N2O2.S5/c6-4-1-3(2-8)7-5(4)9;1-3-5-4-2/h3-4,8H,1-2,6H2,(H,7,9);/t3-,4+;/m1./s1. The van der Waals surface area contributed by atoms with Gasteiger partial charge in [0.15, 0.2) is 0 Å². The van der Waals surface area contributed by atoms with Crippen molar-refractivity contribution in [3.05, 3.63) is 0 Å². The number of aliphatic hydroxyl groups is 1. The maximum atomic E-state index is 10.6. The van der Waals surface area contributed by atoms with Gasteiger partial charge in [-0.2, -0.15) is 0 Å². The van der Waals surface area contributed by atoms with Crippen molar-refractivity contribution in [3.8, 4) is 0 Å². The molecule has 4 nitrogen and oxygen atoms in total. The maximum Gasteiger partial charge on any atom is 0.237 e. The normalized spacial score (nSPS) is 24.3. The second kappa shape index (κ2) is 8.77. The molecule has 0 aromatic carbocycles. The van der Waals surface area contributed by atoms with Gasteiger partial charge < -0.3 is 16.2 Å². The van der Waals surface area contributed by atoms with Crippen LogP contribution in [0, 0.1) is 0 Å². The van der Waals surface area contributed by atoms with Crippen molar-refractivity contribution in [1.82, 2.24) is 5.32 Å². The van der Waals surface area contributed by atoms with Gasteiger partial charge >= 0.3 is 0 Å². The van der Waals surface area contributed by atoms with Crippen LogP contribution in [-0.4, -0.2) is 29.7 Å². The highest BCUT2D eigenvalue weighted by Crippen LogP contribution is 2.03. The monoisotopic (exact) mass is 290 g/mol. The SMILES string of the molecule is N[C@H]1C[C@H](CO)NC1=O.S=S=S=S=S. The lowest BCUT2D eigenvalue weighted by atomic mass is 10.2. The summed E-state index contributed by atoms with van der Waals surface area (Å²) in [6.07, 6.45) is 0.551. The van der Waals surface area contributed by atoms with E-state index in [9.17, 15) is 4.79 Å². The Balaban J connectivity index is 0.000000292. The highest BCUT2D eigenvalue weighted by Gasteiger charge is 2.27. The first-order valence-electron chi connectivity index (χ1n) is 3.57. The molecule has 0 aliphatic carbocycles. The van der Waals surface area contributed by atoms with Crippen LogP contribution in [0.4, 0.5) is 0 Å². The molecule has 1 fully saturated rings. The zero-order valence-corrected chi connectivity index (χ0v) is 11.1. The molecule has 1 saturated heterocycles. The Morgan fingerprint density at radius 2 is 2.14 bits per heavy atom. The molecule has 2 atom stereocenters. The van der Waals surface area contributed by atoms with Crippen molar-refractivity contribution in [2.75, 3.05) is 6.61 Å². The van der Waals surface area contributed by atoms with Gasteiger partial charge in [-0.25, -0.2) is 0 Å². The molecule has 1 aliphatic heterocycles. The Kier molecular flexibility index (Phi) is 9.08. The summed E-state index contributed by atoms with van der Waals surface area (Å²) in [6.45, 7) is -0.0144. The molecule has 82 valence electrons. The second-order valence-corrected chi connectivity index (χ2v) is 7.74. The van der Waals surface area contributed by atoms with E-state index in [4.69, 9.17) is 10.8 Å². The van der Waals surface area contributed by atoms with E-state index in [2.05, 4.69) is 27.7 Å². The first-order valence-corrected chi connectivity index (χ1v) is 8.91. The van der Waals surface area contributed by atoms with E-state index < -0.39 is 6.04 Å². The van der Waals surface area contributed by atoms with Gasteiger partial charge in [0.1, 0.15) is 0 Å². The van der Waals surface area contributed by atoms with Gasteiger partial charge in [0.2, 0.25) is 5.91 Å². The Labute approximate surface area is 101 Å². The first kappa shape index (κ1) is 14.5. The minimum absolute atomic E-state index is 0.0144. The van der Waals surface area contributed by atoms with Gasteiger partial charge in [0.05, 0.1) is 18.7 Å². The van der Waals surface area contributed by atoms with Crippen molar-refractivity contribution >= 4 is 54.9 Å². The van der Waals surface area contributed by atoms with Crippen molar-refractivity contribution in [2.45, 2.75) is 18.5 Å². The quantitative estimate of drug-likeness (QED) is 0.530. The minimum Gasteiger partial charge on any atom is -0.394 e. The Bertz CT molecular complexity index is 293. The van der Waals surface area contributed by atoms with Crippen LogP contribution in [-0.2, 0) is 53.8 Å². The largest absolute Gasteiger partial charge is 0.394 e. The summed E-state index contributed by atoms with van der Waals surface area (Å²) < 4.78 is 0. The third kappa shape index (κ3) is 6.06. The smallest absolute Gasteiger partial charge is 0.237 e. The van der Waals surface area contributed by atoms with Gasteiger partial charge in [-0.3, -0.25) is 4.79 Å². The summed E-state index contributed by atoms with van der Waals surface area (Å²) in [7, 11) is 3.95. The zero-order chi connectivity index (χ0) is 11.0. The van der Waals surface area contributed by atoms with Crippen molar-refractivity contribution < 1.29 is 9.90 Å². The highest BCUT2D eigenvalue weighted by atomic mass is 33.3. The maximum absolute atomic E-state index is 10.6. The molecular formula is C5H10N2O2S5. The molecule has 1 rings (SSSR count). The Morgan fingerprint density at radius 3 is 2.29 bits per heavy atom. The molecule has 9 heteroatoms. The molecule has 1 heterocycles. The third-order valence-corrected chi connectivity index (χ3v) is 5.94. The Hall–Kier alpha value is 0.490. The lowest BCUT2D eigenvalue weighted by Crippen LogP contribution is -2.32. The number of hydrogen-bond acceptors (Lipinski definition) is 5. The van der Waals surface area contributed by atoms with Crippen LogP contribution < -0.4 is 11.1 Å². The summed E-state index contributed by atoms with van der Waals surface area (Å²) in [5, 5.41) is 11.1. The zero-order valence-electron chi connectivity index (χ0n) is 7.04. The Morgan fingerprint density at radius 1 is 1.57 bits per heavy atom. The molecular weight excluding hydrogens is 280 g/mol. The first-order chi connectivity index (χ1) is 6.65. The van der Waals surface area contributed by atoms with Gasteiger partial charge in [0, 0.05) is 49.0 Å². The van der Waals surface area contributed by atoms with E-state index in [0.717, 1.165) is 0 Å². The van der Waals surface area contributed by atoms with Crippen LogP contribution in [0.5, 0.6) is 0 Å². The minimum atomic E-state index is -0.415. The highest BCUT2D eigenvalue weighted by molar-refractivity contribution is 8.59. The molecule has 4 N–H and O–H groups in total. The predicted molar refractivity (Wildman–Crippen MR) is 68.4 cm³/mol. The lowest BCUT2D eigenvalue weighted by molar-refractivity contribution is -0.120. The average Bonchev–Trinajstić information content (AvgIpc) is 2.49. The fourth-order valence-corrected chi connectivity index (χ4v) is 3.66. The number of rotatable bonds is 1. The number of carbonyl (C=O) groups is 1. The van der Waals surface area contributed by atoms with Crippen LogP contribution in [0.3, 0.4) is 0 Å². The van der Waals surface area contributed by atoms with Crippen LogP contribution >= 0.6 is 0 Å². The molecule has 0 aromatic heterocycles. The fraction of sp³-hybridized carbons (Fsp3) is 0.800. The van der Waals surface area contributed by atoms with Crippen molar-refractivity contribution in [2.24, 2.45) is 5.73 Å². The van der Waals surface area contributed by atoms with E-state index in [-0.39, 0.29) is 18.6 Å². The van der Waals surface area contributed by atoms with Crippen LogP contribution in [0.25, 0.3) is 0 Å². The molecule has 0 spiro atoms. The average molecular weight is 290 g/mol. The lowest BCUT2D eigenvalue weighted by Gasteiger charge is -2.01. The molecule has 0 aromatic rings. The molecule has 1 amide bonds. The van der Waals surface area contributed by atoms with E-state index in [0.29, 0.717) is 6.42 Å². The molecule has 0 saturated carbocycles. The van der Waals surface area contributed by atoms with Crippen molar-refractivity contribution in [3.63, 3.8) is 0 Å². The molecule has 1 aliphatic rings. The summed E-state index contributed by atoms with van der Waals surface area (Å²) >= 11 is 8.89. The van der Waals surface area contributed by atoms with E-state index in [1.807, 2.05) is 0 Å². The van der Waals surface area contributed by atoms with Gasteiger partial charge in [-0.15, -0.1) is 0 Å². The van der Waals surface area contributed by atoms with Gasteiger partial charge in [0.25, 0.3) is 0 Å². The number of carbonyl (C=O) groups excluding carboxylic acids is 1. The fourth-order valence-electron chi connectivity index (χ4n) is 0.912. The van der Waals surface area contributed by atoms with E-state index in [1.165, 1.54) is 26.6 Å². The van der Waals surface area contributed by atoms with Crippen LogP contribution in [0.15, 0.2) is 0 Å². The summed E-state index contributed by atoms with van der Waals surface area (Å²) in [6, 6.07) is -0.533. The molecule has 0 bridgehead atoms. The van der Waals surface area contributed by atoms with Gasteiger partial charge in [-0.1, -0.05) is 0 Å². The summed E-state index contributed by atoms with van der Waals surface area (Å²) in [5.74, 6) is -0.158. The van der Waals surface area contributed by atoms with E-state index in [1.54, 1.807) is 0 Å². The summed E-state index contributed by atoms with van der Waals surface area (Å²) in [4.78, 5) is 10.6. The number of nitrogens with two attached hydrogens (primary N) is 1. The molecule has 0 unspecified atom stereocenters. The molecule has 14 heavy (non-hydrogen) atoms. The van der Waals surface area contributed by atoms with Crippen LogP contribution in [0.1, 0.15) is 6.42 Å². The molecule has 0 radical (unpaired) electrons. The predicted octanol–water partition coefficient (Wildman–Crippen LogP) is -1.82. The number of amides is 1. The number of hydrogen-bond donors (Lipinski definition) is 3. The third-order valence-electron chi connectivity index (χ3n) is 1.50. The number of aliphatic hydroxyl groups excluding tert-OH is 1. The number of nitrogens with one attached hydrogen (secondary N) is 1.